The Morgan fingerprint density at radius 3 is 2.45 bits per heavy atom. The Bertz CT molecular complexity index is 400. The largest absolute Gasteiger partial charge is 0.396 e. The first-order valence-corrected chi connectivity index (χ1v) is 7.53. The van der Waals surface area contributed by atoms with Crippen LogP contribution in [0.5, 0.6) is 0 Å². The van der Waals surface area contributed by atoms with Crippen LogP contribution in [0.15, 0.2) is 0 Å². The van der Waals surface area contributed by atoms with Crippen molar-refractivity contribution in [1.29, 1.82) is 0 Å². The first-order chi connectivity index (χ1) is 9.64. The normalized spacial score (nSPS) is 12.2. The van der Waals surface area contributed by atoms with Crippen molar-refractivity contribution < 1.29 is 5.11 Å². The Morgan fingerprint density at radius 2 is 1.90 bits per heavy atom. The van der Waals surface area contributed by atoms with Gasteiger partial charge in [-0.3, -0.25) is 0 Å². The summed E-state index contributed by atoms with van der Waals surface area (Å²) in [7, 11) is 0. The van der Waals surface area contributed by atoms with Crippen LogP contribution >= 0.6 is 11.6 Å². The van der Waals surface area contributed by atoms with Gasteiger partial charge < -0.3 is 15.3 Å². The third-order valence-electron chi connectivity index (χ3n) is 3.31. The summed E-state index contributed by atoms with van der Waals surface area (Å²) >= 11 is 5.95. The van der Waals surface area contributed by atoms with E-state index in [1.807, 2.05) is 18.7 Å². The molecule has 0 aromatic carbocycles. The molecule has 20 heavy (non-hydrogen) atoms. The zero-order valence-electron chi connectivity index (χ0n) is 12.4. The van der Waals surface area contributed by atoms with Gasteiger partial charge in [0.1, 0.15) is 0 Å². The molecule has 7 heteroatoms. The van der Waals surface area contributed by atoms with E-state index in [4.69, 9.17) is 16.7 Å². The van der Waals surface area contributed by atoms with Crippen LogP contribution in [0.3, 0.4) is 0 Å². The van der Waals surface area contributed by atoms with Gasteiger partial charge in [-0.15, -0.1) is 0 Å². The predicted octanol–water partition coefficient (Wildman–Crippen LogP) is 2.19. The van der Waals surface area contributed by atoms with Crippen molar-refractivity contribution in [1.82, 2.24) is 15.0 Å². The van der Waals surface area contributed by atoms with Crippen molar-refractivity contribution in [3.63, 3.8) is 0 Å². The monoisotopic (exact) mass is 301 g/mol. The molecule has 0 aliphatic carbocycles. The molecule has 0 saturated carbocycles. The van der Waals surface area contributed by atoms with Crippen molar-refractivity contribution in [3.05, 3.63) is 5.28 Å². The third kappa shape index (κ3) is 5.09. The molecule has 0 saturated heterocycles. The van der Waals surface area contributed by atoms with Gasteiger partial charge in [-0.1, -0.05) is 13.3 Å². The van der Waals surface area contributed by atoms with Crippen LogP contribution in [0.25, 0.3) is 0 Å². The van der Waals surface area contributed by atoms with Gasteiger partial charge in [0.2, 0.25) is 17.2 Å². The molecule has 1 aromatic heterocycles. The molecule has 1 unspecified atom stereocenters. The van der Waals surface area contributed by atoms with Crippen LogP contribution in [0.1, 0.15) is 33.6 Å². The van der Waals surface area contributed by atoms with Crippen molar-refractivity contribution in [2.75, 3.05) is 36.5 Å². The summed E-state index contributed by atoms with van der Waals surface area (Å²) < 4.78 is 0. The highest BCUT2D eigenvalue weighted by atomic mass is 35.5. The summed E-state index contributed by atoms with van der Waals surface area (Å²) in [6.07, 6.45) is 1.76. The molecular weight excluding hydrogens is 278 g/mol. The van der Waals surface area contributed by atoms with Crippen molar-refractivity contribution in [2.45, 2.75) is 33.6 Å². The maximum absolute atomic E-state index is 8.99. The van der Waals surface area contributed by atoms with Gasteiger partial charge in [0, 0.05) is 26.2 Å². The quantitative estimate of drug-likeness (QED) is 0.728. The fraction of sp³-hybridized carbons (Fsp3) is 0.769. The second-order valence-corrected chi connectivity index (χ2v) is 4.91. The molecular formula is C13H24ClN5O. The number of aromatic nitrogens is 3. The number of anilines is 2. The zero-order chi connectivity index (χ0) is 15.0. The minimum atomic E-state index is 0.194. The fourth-order valence-electron chi connectivity index (χ4n) is 1.94. The van der Waals surface area contributed by atoms with E-state index >= 15 is 0 Å². The first kappa shape index (κ1) is 16.9. The average Bonchev–Trinajstić information content (AvgIpc) is 2.44. The van der Waals surface area contributed by atoms with E-state index in [1.54, 1.807) is 0 Å². The summed E-state index contributed by atoms with van der Waals surface area (Å²) in [5.41, 5.74) is 0. The van der Waals surface area contributed by atoms with Crippen molar-refractivity contribution in [2.24, 2.45) is 5.92 Å². The van der Waals surface area contributed by atoms with Crippen LogP contribution in [-0.2, 0) is 0 Å². The number of halogens is 1. The smallest absolute Gasteiger partial charge is 0.231 e. The zero-order valence-corrected chi connectivity index (χ0v) is 13.2. The molecule has 0 bridgehead atoms. The van der Waals surface area contributed by atoms with Crippen molar-refractivity contribution >= 4 is 23.5 Å². The Kier molecular flexibility index (Phi) is 7.54. The van der Waals surface area contributed by atoms with Gasteiger partial charge >= 0.3 is 0 Å². The molecule has 0 spiro atoms. The molecule has 0 radical (unpaired) electrons. The van der Waals surface area contributed by atoms with Crippen LogP contribution in [0, 0.1) is 5.92 Å². The van der Waals surface area contributed by atoms with Gasteiger partial charge in [0.15, 0.2) is 0 Å². The topological polar surface area (TPSA) is 74.2 Å². The van der Waals surface area contributed by atoms with E-state index in [2.05, 4.69) is 27.2 Å². The molecule has 0 amide bonds. The van der Waals surface area contributed by atoms with E-state index in [0.29, 0.717) is 17.8 Å². The van der Waals surface area contributed by atoms with Crippen LogP contribution in [-0.4, -0.2) is 46.3 Å². The highest BCUT2D eigenvalue weighted by molar-refractivity contribution is 6.28. The van der Waals surface area contributed by atoms with Crippen LogP contribution in [0.2, 0.25) is 5.28 Å². The summed E-state index contributed by atoms with van der Waals surface area (Å²) in [5.74, 6) is 1.48. The minimum absolute atomic E-state index is 0.194. The fourth-order valence-corrected chi connectivity index (χ4v) is 2.09. The average molecular weight is 302 g/mol. The number of aliphatic hydroxyl groups excluding tert-OH is 1. The Morgan fingerprint density at radius 1 is 1.20 bits per heavy atom. The van der Waals surface area contributed by atoms with E-state index < -0.39 is 0 Å². The number of nitrogens with one attached hydrogen (secondary N) is 1. The Hall–Kier alpha value is -1.14. The van der Waals surface area contributed by atoms with Gasteiger partial charge in [-0.2, -0.15) is 15.0 Å². The Balaban J connectivity index is 2.75. The number of hydrogen-bond acceptors (Lipinski definition) is 6. The lowest BCUT2D eigenvalue weighted by Gasteiger charge is -2.19. The van der Waals surface area contributed by atoms with Crippen LogP contribution in [0.4, 0.5) is 11.9 Å². The maximum Gasteiger partial charge on any atom is 0.231 e. The molecule has 6 nitrogen and oxygen atoms in total. The second-order valence-electron chi connectivity index (χ2n) is 4.57. The molecule has 0 aliphatic heterocycles. The standard InChI is InChI=1S/C13H24ClN5O/c1-4-10(7-8-20)9-15-12-16-11(14)17-13(18-12)19(5-2)6-3/h10,20H,4-9H2,1-3H3,(H,15,16,17,18). The van der Waals surface area contributed by atoms with E-state index in [9.17, 15) is 0 Å². The van der Waals surface area contributed by atoms with E-state index in [0.717, 1.165) is 32.5 Å². The number of aliphatic hydroxyl groups is 1. The van der Waals surface area contributed by atoms with E-state index in [-0.39, 0.29) is 11.9 Å². The SMILES string of the molecule is CCC(CCO)CNc1nc(Cl)nc(N(CC)CC)n1. The maximum atomic E-state index is 8.99. The number of hydrogen-bond donors (Lipinski definition) is 2. The number of rotatable bonds is 9. The number of nitrogens with zero attached hydrogens (tertiary/aromatic N) is 4. The summed E-state index contributed by atoms with van der Waals surface area (Å²) in [6.45, 7) is 8.74. The molecule has 1 rings (SSSR count). The molecule has 114 valence electrons. The van der Waals surface area contributed by atoms with Gasteiger partial charge in [-0.05, 0) is 37.8 Å². The molecule has 0 aliphatic rings. The predicted molar refractivity (Wildman–Crippen MR) is 82.4 cm³/mol. The highest BCUT2D eigenvalue weighted by Crippen LogP contribution is 2.15. The van der Waals surface area contributed by atoms with Crippen molar-refractivity contribution in [3.8, 4) is 0 Å². The van der Waals surface area contributed by atoms with E-state index in [1.165, 1.54) is 0 Å². The summed E-state index contributed by atoms with van der Waals surface area (Å²) in [5, 5.41) is 12.4. The lowest BCUT2D eigenvalue weighted by molar-refractivity contribution is 0.258. The highest BCUT2D eigenvalue weighted by Gasteiger charge is 2.11. The summed E-state index contributed by atoms with van der Waals surface area (Å²) in [4.78, 5) is 14.6. The van der Waals surface area contributed by atoms with Gasteiger partial charge in [0.25, 0.3) is 0 Å². The molecule has 0 fully saturated rings. The lowest BCUT2D eigenvalue weighted by atomic mass is 10.0. The second kappa shape index (κ2) is 8.92. The summed E-state index contributed by atoms with van der Waals surface area (Å²) in [6, 6.07) is 0. The van der Waals surface area contributed by atoms with Gasteiger partial charge in [0.05, 0.1) is 0 Å². The molecule has 1 atom stereocenters. The third-order valence-corrected chi connectivity index (χ3v) is 3.48. The Labute approximate surface area is 125 Å². The molecule has 1 heterocycles. The van der Waals surface area contributed by atoms with Gasteiger partial charge in [-0.25, -0.2) is 0 Å². The molecule has 2 N–H and O–H groups in total. The lowest BCUT2D eigenvalue weighted by Crippen LogP contribution is -2.25. The molecule has 1 aromatic rings. The minimum Gasteiger partial charge on any atom is -0.396 e. The first-order valence-electron chi connectivity index (χ1n) is 7.15. The van der Waals surface area contributed by atoms with Crippen LogP contribution < -0.4 is 10.2 Å².